The van der Waals surface area contributed by atoms with Gasteiger partial charge in [-0.1, -0.05) is 36.4 Å². The van der Waals surface area contributed by atoms with Crippen molar-refractivity contribution in [2.75, 3.05) is 6.73 Å². The highest BCUT2D eigenvalue weighted by atomic mass is 16.5. The summed E-state index contributed by atoms with van der Waals surface area (Å²) in [6, 6.07) is 16.4. The molecular formula is C13H10NO. The van der Waals surface area contributed by atoms with Crippen molar-refractivity contribution in [3.05, 3.63) is 48.5 Å². The maximum atomic E-state index is 5.39. The highest BCUT2D eigenvalue weighted by Crippen LogP contribution is 2.33. The summed E-state index contributed by atoms with van der Waals surface area (Å²) in [7, 11) is 0. The zero-order valence-corrected chi connectivity index (χ0v) is 8.18. The monoisotopic (exact) mass is 196 g/mol. The van der Waals surface area contributed by atoms with Gasteiger partial charge < -0.3 is 4.74 Å². The summed E-state index contributed by atoms with van der Waals surface area (Å²) in [6.07, 6.45) is 0. The van der Waals surface area contributed by atoms with Crippen LogP contribution < -0.4 is 10.1 Å². The highest BCUT2D eigenvalue weighted by Gasteiger charge is 2.12. The molecule has 1 aliphatic heterocycles. The Kier molecular flexibility index (Phi) is 1.85. The van der Waals surface area contributed by atoms with Crippen LogP contribution in [0.25, 0.3) is 11.1 Å². The second kappa shape index (κ2) is 3.31. The Morgan fingerprint density at radius 2 is 1.80 bits per heavy atom. The van der Waals surface area contributed by atoms with Gasteiger partial charge in [-0.15, -0.1) is 0 Å². The van der Waals surface area contributed by atoms with Gasteiger partial charge in [0, 0.05) is 0 Å². The van der Waals surface area contributed by atoms with E-state index in [1.54, 1.807) is 0 Å². The second-order valence-corrected chi connectivity index (χ2v) is 3.48. The highest BCUT2D eigenvalue weighted by molar-refractivity contribution is 5.69. The van der Waals surface area contributed by atoms with Gasteiger partial charge in [0.15, 0.2) is 6.73 Å². The van der Waals surface area contributed by atoms with Crippen molar-refractivity contribution in [1.82, 2.24) is 5.32 Å². The summed E-state index contributed by atoms with van der Waals surface area (Å²) in [5.74, 6) is 0.886. The molecule has 0 atom stereocenters. The molecule has 73 valence electrons. The van der Waals surface area contributed by atoms with E-state index in [0.717, 1.165) is 11.4 Å². The largest absolute Gasteiger partial charge is 0.469 e. The van der Waals surface area contributed by atoms with E-state index in [0.29, 0.717) is 6.73 Å². The quantitative estimate of drug-likeness (QED) is 0.687. The third kappa shape index (κ3) is 1.44. The molecule has 2 nitrogen and oxygen atoms in total. The van der Waals surface area contributed by atoms with E-state index in [-0.39, 0.29) is 0 Å². The van der Waals surface area contributed by atoms with Crippen LogP contribution in [0.5, 0.6) is 5.75 Å². The lowest BCUT2D eigenvalue weighted by atomic mass is 10.1. The summed E-state index contributed by atoms with van der Waals surface area (Å²) in [4.78, 5) is 0. The molecule has 15 heavy (non-hydrogen) atoms. The fourth-order valence-electron chi connectivity index (χ4n) is 1.74. The first-order chi connectivity index (χ1) is 7.43. The van der Waals surface area contributed by atoms with Gasteiger partial charge in [-0.3, -0.25) is 0 Å². The first-order valence-corrected chi connectivity index (χ1v) is 4.93. The van der Waals surface area contributed by atoms with Crippen LogP contribution in [0.4, 0.5) is 5.69 Å². The molecule has 0 unspecified atom stereocenters. The van der Waals surface area contributed by atoms with Crippen molar-refractivity contribution in [2.45, 2.75) is 0 Å². The van der Waals surface area contributed by atoms with E-state index in [1.165, 1.54) is 11.1 Å². The lowest BCUT2D eigenvalue weighted by molar-refractivity contribution is 0.338. The molecule has 0 aliphatic carbocycles. The zero-order valence-electron chi connectivity index (χ0n) is 8.18. The van der Waals surface area contributed by atoms with Gasteiger partial charge >= 0.3 is 0 Å². The number of nitrogens with zero attached hydrogens (tertiary/aromatic N) is 1. The standard InChI is InChI=1S/C13H10NO/c1-2-4-10(5-3-1)11-6-7-12-13(8-11)15-9-14-12/h1-8H,9H2. The number of rotatable bonds is 1. The van der Waals surface area contributed by atoms with Crippen LogP contribution in [0.3, 0.4) is 0 Å². The van der Waals surface area contributed by atoms with Gasteiger partial charge in [0.05, 0.1) is 0 Å². The van der Waals surface area contributed by atoms with Crippen molar-refractivity contribution in [2.24, 2.45) is 0 Å². The molecule has 1 aliphatic rings. The van der Waals surface area contributed by atoms with E-state index in [9.17, 15) is 0 Å². The molecule has 0 N–H and O–H groups in total. The molecule has 3 rings (SSSR count). The summed E-state index contributed by atoms with van der Waals surface area (Å²) in [6.45, 7) is 0.452. The molecule has 2 aromatic rings. The van der Waals surface area contributed by atoms with Crippen molar-refractivity contribution >= 4 is 5.69 Å². The first kappa shape index (κ1) is 8.36. The van der Waals surface area contributed by atoms with Gasteiger partial charge in [0.1, 0.15) is 11.4 Å². The van der Waals surface area contributed by atoms with Crippen LogP contribution in [0.15, 0.2) is 48.5 Å². The van der Waals surface area contributed by atoms with Gasteiger partial charge in [0.2, 0.25) is 0 Å². The molecule has 0 spiro atoms. The smallest absolute Gasteiger partial charge is 0.180 e. The van der Waals surface area contributed by atoms with E-state index >= 15 is 0 Å². The Balaban J connectivity index is 2.07. The Morgan fingerprint density at radius 1 is 0.933 bits per heavy atom. The Bertz CT molecular complexity index is 479. The SMILES string of the molecule is c1ccc(-c2ccc3c(c2)OC[N]3)cc1. The number of hydrogen-bond donors (Lipinski definition) is 0. The van der Waals surface area contributed by atoms with Crippen molar-refractivity contribution in [3.8, 4) is 16.9 Å². The summed E-state index contributed by atoms with van der Waals surface area (Å²) in [5, 5.41) is 4.21. The minimum absolute atomic E-state index is 0.452. The molecule has 0 saturated heterocycles. The molecule has 2 heteroatoms. The van der Waals surface area contributed by atoms with Crippen LogP contribution in [0.1, 0.15) is 0 Å². The fourth-order valence-corrected chi connectivity index (χ4v) is 1.74. The fraction of sp³-hybridized carbons (Fsp3) is 0.0769. The molecule has 1 radical (unpaired) electrons. The Labute approximate surface area is 88.5 Å². The lowest BCUT2D eigenvalue weighted by Crippen LogP contribution is -1.94. The molecule has 2 aromatic carbocycles. The van der Waals surface area contributed by atoms with E-state index in [1.807, 2.05) is 30.3 Å². The van der Waals surface area contributed by atoms with E-state index < -0.39 is 0 Å². The second-order valence-electron chi connectivity index (χ2n) is 3.48. The van der Waals surface area contributed by atoms with Crippen LogP contribution in [0.2, 0.25) is 0 Å². The minimum atomic E-state index is 0.452. The molecule has 0 saturated carbocycles. The number of fused-ring (bicyclic) bond motifs is 1. The lowest BCUT2D eigenvalue weighted by Gasteiger charge is -2.02. The summed E-state index contributed by atoms with van der Waals surface area (Å²) in [5.41, 5.74) is 3.33. The first-order valence-electron chi connectivity index (χ1n) is 4.93. The maximum Gasteiger partial charge on any atom is 0.180 e. The molecular weight excluding hydrogens is 186 g/mol. The zero-order chi connectivity index (χ0) is 10.1. The van der Waals surface area contributed by atoms with Crippen molar-refractivity contribution < 1.29 is 4.74 Å². The van der Waals surface area contributed by atoms with Gasteiger partial charge in [-0.05, 0) is 23.3 Å². The summed E-state index contributed by atoms with van der Waals surface area (Å²) < 4.78 is 5.39. The van der Waals surface area contributed by atoms with Crippen LogP contribution in [0, 0.1) is 0 Å². The molecule has 1 heterocycles. The Morgan fingerprint density at radius 3 is 2.67 bits per heavy atom. The predicted molar refractivity (Wildman–Crippen MR) is 59.2 cm³/mol. The van der Waals surface area contributed by atoms with Crippen molar-refractivity contribution in [1.29, 1.82) is 0 Å². The number of hydrogen-bond acceptors (Lipinski definition) is 1. The van der Waals surface area contributed by atoms with Crippen LogP contribution in [-0.2, 0) is 0 Å². The third-order valence-corrected chi connectivity index (χ3v) is 2.52. The third-order valence-electron chi connectivity index (χ3n) is 2.52. The minimum Gasteiger partial charge on any atom is -0.469 e. The predicted octanol–water partition coefficient (Wildman–Crippen LogP) is 2.94. The maximum absolute atomic E-state index is 5.39. The number of ether oxygens (including phenoxy) is 1. The summed E-state index contributed by atoms with van der Waals surface area (Å²) >= 11 is 0. The molecule has 0 aromatic heterocycles. The average molecular weight is 196 g/mol. The topological polar surface area (TPSA) is 23.3 Å². The van der Waals surface area contributed by atoms with Gasteiger partial charge in [-0.25, -0.2) is 5.32 Å². The van der Waals surface area contributed by atoms with Gasteiger partial charge in [-0.2, -0.15) is 0 Å². The van der Waals surface area contributed by atoms with Crippen LogP contribution in [-0.4, -0.2) is 6.73 Å². The van der Waals surface area contributed by atoms with E-state index in [2.05, 4.69) is 23.5 Å². The average Bonchev–Trinajstić information content (AvgIpc) is 2.77. The number of benzene rings is 2. The van der Waals surface area contributed by atoms with Crippen LogP contribution >= 0.6 is 0 Å². The molecule has 0 amide bonds. The molecule has 0 fully saturated rings. The van der Waals surface area contributed by atoms with Gasteiger partial charge in [0.25, 0.3) is 0 Å². The molecule has 0 bridgehead atoms. The van der Waals surface area contributed by atoms with Crippen molar-refractivity contribution in [3.63, 3.8) is 0 Å². The normalized spacial score (nSPS) is 12.8. The Hall–Kier alpha value is -1.96. The van der Waals surface area contributed by atoms with E-state index in [4.69, 9.17) is 4.74 Å².